The Morgan fingerprint density at radius 3 is 2.61 bits per heavy atom. The lowest BCUT2D eigenvalue weighted by Gasteiger charge is -1.98. The van der Waals surface area contributed by atoms with Crippen LogP contribution >= 0.6 is 0 Å². The third-order valence-corrected chi connectivity index (χ3v) is 2.84. The predicted molar refractivity (Wildman–Crippen MR) is 67.4 cm³/mol. The van der Waals surface area contributed by atoms with Gasteiger partial charge in [-0.25, -0.2) is 4.98 Å². The molecule has 3 N–H and O–H groups in total. The summed E-state index contributed by atoms with van der Waals surface area (Å²) in [6.07, 6.45) is 1.68. The zero-order valence-corrected chi connectivity index (χ0v) is 9.68. The number of imidazole rings is 1. The van der Waals surface area contributed by atoms with Gasteiger partial charge in [-0.1, -0.05) is 6.07 Å². The molecule has 5 heteroatoms. The number of aromatic nitrogens is 3. The molecule has 0 amide bonds. The normalized spacial score (nSPS) is 10.9. The maximum atomic E-state index is 9.72. The first-order valence-electron chi connectivity index (χ1n) is 5.49. The van der Waals surface area contributed by atoms with E-state index >= 15 is 0 Å². The fourth-order valence-corrected chi connectivity index (χ4v) is 1.91. The molecule has 1 aromatic carbocycles. The molecule has 0 aliphatic rings. The summed E-state index contributed by atoms with van der Waals surface area (Å²) >= 11 is 0. The molecular formula is C13H11N3O2. The van der Waals surface area contributed by atoms with Crippen LogP contribution in [0.3, 0.4) is 0 Å². The Morgan fingerprint density at radius 2 is 1.89 bits per heavy atom. The Morgan fingerprint density at radius 1 is 1.11 bits per heavy atom. The van der Waals surface area contributed by atoms with Crippen molar-refractivity contribution in [2.24, 2.45) is 0 Å². The second-order valence-electron chi connectivity index (χ2n) is 4.08. The van der Waals surface area contributed by atoms with Gasteiger partial charge < -0.3 is 15.2 Å². The molecule has 3 rings (SSSR count). The number of aromatic hydroxyl groups is 2. The molecule has 0 saturated carbocycles. The molecule has 0 fully saturated rings. The quantitative estimate of drug-likeness (QED) is 0.571. The number of nitrogens with zero attached hydrogens (tertiary/aromatic N) is 2. The number of nitrogens with one attached hydrogen (secondary N) is 1. The van der Waals surface area contributed by atoms with Gasteiger partial charge in [-0.15, -0.1) is 0 Å². The van der Waals surface area contributed by atoms with Crippen molar-refractivity contribution in [3.05, 3.63) is 36.0 Å². The van der Waals surface area contributed by atoms with Crippen LogP contribution in [-0.2, 0) is 0 Å². The van der Waals surface area contributed by atoms with Gasteiger partial charge in [-0.05, 0) is 30.7 Å². The minimum Gasteiger partial charge on any atom is -0.506 e. The van der Waals surface area contributed by atoms with Gasteiger partial charge in [0.1, 0.15) is 28.2 Å². The minimum atomic E-state index is 0.0267. The Balaban J connectivity index is 2.29. The number of hydrogen-bond acceptors (Lipinski definition) is 4. The fourth-order valence-electron chi connectivity index (χ4n) is 1.91. The zero-order valence-electron chi connectivity index (χ0n) is 9.68. The van der Waals surface area contributed by atoms with Crippen LogP contribution in [0.4, 0.5) is 0 Å². The summed E-state index contributed by atoms with van der Waals surface area (Å²) in [6, 6.07) is 6.60. The average molecular weight is 241 g/mol. The van der Waals surface area contributed by atoms with Crippen LogP contribution in [0.25, 0.3) is 22.6 Å². The molecule has 2 heterocycles. The van der Waals surface area contributed by atoms with Crippen molar-refractivity contribution in [3.63, 3.8) is 0 Å². The second-order valence-corrected chi connectivity index (χ2v) is 4.08. The number of hydrogen-bond donors (Lipinski definition) is 3. The van der Waals surface area contributed by atoms with Crippen LogP contribution < -0.4 is 0 Å². The number of phenolic OH excluding ortho intramolecular Hbond substituents is 2. The van der Waals surface area contributed by atoms with E-state index in [0.717, 1.165) is 5.56 Å². The standard InChI is InChI=1S/C13H11N3O2/c1-7-3-2-6-14-10(7)13-15-11-8(17)4-5-9(18)12(11)16-13/h2-6,17-18H,1H3,(H,15,16). The highest BCUT2D eigenvalue weighted by Gasteiger charge is 2.13. The van der Waals surface area contributed by atoms with Gasteiger partial charge in [0.25, 0.3) is 0 Å². The first kappa shape index (κ1) is 10.6. The Hall–Kier alpha value is -2.56. The van der Waals surface area contributed by atoms with E-state index in [1.54, 1.807) is 6.20 Å². The minimum absolute atomic E-state index is 0.0267. The number of aromatic amines is 1. The molecule has 0 unspecified atom stereocenters. The van der Waals surface area contributed by atoms with E-state index in [2.05, 4.69) is 15.0 Å². The number of phenols is 2. The molecule has 0 saturated heterocycles. The molecule has 3 aromatic rings. The van der Waals surface area contributed by atoms with E-state index < -0.39 is 0 Å². The molecule has 5 nitrogen and oxygen atoms in total. The fraction of sp³-hybridized carbons (Fsp3) is 0.0769. The molecule has 0 atom stereocenters. The van der Waals surface area contributed by atoms with Gasteiger partial charge in [-0.3, -0.25) is 4.98 Å². The van der Waals surface area contributed by atoms with Gasteiger partial charge in [0.05, 0.1) is 0 Å². The highest BCUT2D eigenvalue weighted by molar-refractivity contribution is 5.89. The largest absolute Gasteiger partial charge is 0.506 e. The van der Waals surface area contributed by atoms with E-state index in [-0.39, 0.29) is 11.5 Å². The van der Waals surface area contributed by atoms with E-state index in [1.807, 2.05) is 19.1 Å². The molecular weight excluding hydrogens is 230 g/mol. The van der Waals surface area contributed by atoms with E-state index in [4.69, 9.17) is 0 Å². The molecule has 0 radical (unpaired) electrons. The van der Waals surface area contributed by atoms with Crippen LogP contribution in [0.5, 0.6) is 11.5 Å². The smallest absolute Gasteiger partial charge is 0.157 e. The SMILES string of the molecule is Cc1cccnc1-c1nc2c(O)ccc(O)c2[nH]1. The van der Waals surface area contributed by atoms with Crippen molar-refractivity contribution in [3.8, 4) is 23.0 Å². The molecule has 90 valence electrons. The van der Waals surface area contributed by atoms with Crippen LogP contribution in [0.2, 0.25) is 0 Å². The number of aryl methyl sites for hydroxylation is 1. The molecule has 0 bridgehead atoms. The van der Waals surface area contributed by atoms with Gasteiger partial charge in [0, 0.05) is 6.20 Å². The Kier molecular flexibility index (Phi) is 2.19. The highest BCUT2D eigenvalue weighted by atomic mass is 16.3. The van der Waals surface area contributed by atoms with E-state index in [1.165, 1.54) is 12.1 Å². The van der Waals surface area contributed by atoms with Gasteiger partial charge in [0.2, 0.25) is 0 Å². The van der Waals surface area contributed by atoms with Gasteiger partial charge >= 0.3 is 0 Å². The lowest BCUT2D eigenvalue weighted by molar-refractivity contribution is 0.468. The maximum absolute atomic E-state index is 9.72. The third kappa shape index (κ3) is 1.48. The molecule has 0 aliphatic heterocycles. The molecule has 2 aromatic heterocycles. The van der Waals surface area contributed by atoms with Gasteiger partial charge in [-0.2, -0.15) is 0 Å². The van der Waals surface area contributed by atoms with Crippen LogP contribution in [0.15, 0.2) is 30.5 Å². The average Bonchev–Trinajstić information content (AvgIpc) is 2.80. The first-order chi connectivity index (χ1) is 8.66. The summed E-state index contributed by atoms with van der Waals surface area (Å²) in [7, 11) is 0. The summed E-state index contributed by atoms with van der Waals surface area (Å²) in [6.45, 7) is 1.93. The second kappa shape index (κ2) is 3.73. The lowest BCUT2D eigenvalue weighted by Crippen LogP contribution is -1.88. The van der Waals surface area contributed by atoms with Crippen LogP contribution in [0, 0.1) is 6.92 Å². The number of pyridine rings is 1. The highest BCUT2D eigenvalue weighted by Crippen LogP contribution is 2.32. The van der Waals surface area contributed by atoms with E-state index in [9.17, 15) is 10.2 Å². The van der Waals surface area contributed by atoms with Crippen molar-refractivity contribution in [2.45, 2.75) is 6.92 Å². The summed E-state index contributed by atoms with van der Waals surface area (Å²) in [5.41, 5.74) is 2.42. The van der Waals surface area contributed by atoms with Crippen LogP contribution in [-0.4, -0.2) is 25.2 Å². The predicted octanol–water partition coefficient (Wildman–Crippen LogP) is 2.34. The lowest BCUT2D eigenvalue weighted by atomic mass is 10.2. The summed E-state index contributed by atoms with van der Waals surface area (Å²) in [4.78, 5) is 11.5. The Labute approximate surface area is 103 Å². The monoisotopic (exact) mass is 241 g/mol. The summed E-state index contributed by atoms with van der Waals surface area (Å²) < 4.78 is 0. The number of rotatable bonds is 1. The van der Waals surface area contributed by atoms with E-state index in [0.29, 0.717) is 22.6 Å². The Bertz CT molecular complexity index is 695. The van der Waals surface area contributed by atoms with Crippen molar-refractivity contribution in [1.82, 2.24) is 15.0 Å². The van der Waals surface area contributed by atoms with Crippen LogP contribution in [0.1, 0.15) is 5.56 Å². The van der Waals surface area contributed by atoms with Gasteiger partial charge in [0.15, 0.2) is 5.82 Å². The summed E-state index contributed by atoms with van der Waals surface area (Å²) in [5.74, 6) is 0.605. The summed E-state index contributed by atoms with van der Waals surface area (Å²) in [5, 5.41) is 19.4. The topological polar surface area (TPSA) is 82.0 Å². The van der Waals surface area contributed by atoms with Crippen molar-refractivity contribution in [1.29, 1.82) is 0 Å². The molecule has 0 spiro atoms. The maximum Gasteiger partial charge on any atom is 0.157 e. The number of H-pyrrole nitrogens is 1. The van der Waals surface area contributed by atoms with Crippen molar-refractivity contribution >= 4 is 11.0 Å². The third-order valence-electron chi connectivity index (χ3n) is 2.84. The van der Waals surface area contributed by atoms with Crippen molar-refractivity contribution in [2.75, 3.05) is 0 Å². The number of benzene rings is 1. The molecule has 0 aliphatic carbocycles. The first-order valence-corrected chi connectivity index (χ1v) is 5.49. The molecule has 18 heavy (non-hydrogen) atoms. The zero-order chi connectivity index (χ0) is 12.7. The number of fused-ring (bicyclic) bond motifs is 1. The van der Waals surface area contributed by atoms with Crippen molar-refractivity contribution < 1.29 is 10.2 Å².